The van der Waals surface area contributed by atoms with Crippen LogP contribution in [-0.2, 0) is 11.3 Å². The van der Waals surface area contributed by atoms with Crippen molar-refractivity contribution in [3.63, 3.8) is 0 Å². The number of ether oxygens (including phenoxy) is 1. The van der Waals surface area contributed by atoms with E-state index in [0.29, 0.717) is 22.8 Å². The summed E-state index contributed by atoms with van der Waals surface area (Å²) in [5, 5.41) is 14.6. The molecular weight excluding hydrogens is 338 g/mol. The summed E-state index contributed by atoms with van der Waals surface area (Å²) in [5.41, 5.74) is 1.18. The summed E-state index contributed by atoms with van der Waals surface area (Å²) in [5.74, 6) is 1.40. The van der Waals surface area contributed by atoms with Crippen LogP contribution in [0.5, 0.6) is 5.75 Å². The van der Waals surface area contributed by atoms with E-state index in [0.717, 1.165) is 10.7 Å². The van der Waals surface area contributed by atoms with Crippen molar-refractivity contribution in [1.29, 1.82) is 5.26 Å². The molecule has 25 heavy (non-hydrogen) atoms. The Labute approximate surface area is 148 Å². The number of carbonyl (C=O) groups is 1. The van der Waals surface area contributed by atoms with Gasteiger partial charge in [-0.15, -0.1) is 11.3 Å². The van der Waals surface area contributed by atoms with Crippen LogP contribution in [-0.4, -0.2) is 17.5 Å². The highest BCUT2D eigenvalue weighted by molar-refractivity contribution is 7.09. The van der Waals surface area contributed by atoms with Crippen LogP contribution in [0.1, 0.15) is 16.3 Å². The lowest BCUT2D eigenvalue weighted by Crippen LogP contribution is -2.28. The van der Waals surface area contributed by atoms with E-state index < -0.39 is 0 Å². The van der Waals surface area contributed by atoms with Crippen molar-refractivity contribution < 1.29 is 13.9 Å². The number of furan rings is 1. The number of nitriles is 1. The fraction of sp³-hybridized carbons (Fsp3) is 0.167. The quantitative estimate of drug-likeness (QED) is 0.735. The minimum absolute atomic E-state index is 0.169. The summed E-state index contributed by atoms with van der Waals surface area (Å²) in [7, 11) is 0. The monoisotopic (exact) mass is 353 g/mol. The van der Waals surface area contributed by atoms with Gasteiger partial charge in [-0.05, 0) is 31.2 Å². The highest BCUT2D eigenvalue weighted by atomic mass is 32.1. The van der Waals surface area contributed by atoms with Crippen LogP contribution in [0.2, 0.25) is 0 Å². The molecule has 0 fully saturated rings. The predicted molar refractivity (Wildman–Crippen MR) is 93.1 cm³/mol. The molecule has 0 aliphatic carbocycles. The number of hydrogen-bond donors (Lipinski definition) is 1. The molecule has 0 unspecified atom stereocenters. The maximum absolute atomic E-state index is 11.9. The van der Waals surface area contributed by atoms with Crippen molar-refractivity contribution in [3.8, 4) is 23.3 Å². The van der Waals surface area contributed by atoms with Gasteiger partial charge in [0, 0.05) is 5.38 Å². The predicted octanol–water partition coefficient (Wildman–Crippen LogP) is 3.28. The number of nitrogens with zero attached hydrogens (tertiary/aromatic N) is 2. The molecule has 1 N–H and O–H groups in total. The number of rotatable bonds is 6. The van der Waals surface area contributed by atoms with Crippen LogP contribution in [0.15, 0.2) is 46.2 Å². The van der Waals surface area contributed by atoms with Crippen LogP contribution in [0.25, 0.3) is 11.5 Å². The molecule has 3 rings (SSSR count). The summed E-state index contributed by atoms with van der Waals surface area (Å²) in [6.45, 7) is 2.02. The maximum Gasteiger partial charge on any atom is 0.258 e. The van der Waals surface area contributed by atoms with Crippen molar-refractivity contribution in [2.45, 2.75) is 13.5 Å². The fourth-order valence-electron chi connectivity index (χ4n) is 2.15. The number of aryl methyl sites for hydroxylation is 1. The number of para-hydroxylation sites is 1. The number of nitrogens with one attached hydrogen (secondary N) is 1. The van der Waals surface area contributed by atoms with Gasteiger partial charge in [0.05, 0.1) is 17.1 Å². The van der Waals surface area contributed by atoms with Gasteiger partial charge in [-0.2, -0.15) is 5.26 Å². The Kier molecular flexibility index (Phi) is 5.11. The van der Waals surface area contributed by atoms with E-state index in [-0.39, 0.29) is 19.1 Å². The van der Waals surface area contributed by atoms with Gasteiger partial charge in [0.1, 0.15) is 23.3 Å². The summed E-state index contributed by atoms with van der Waals surface area (Å²) >= 11 is 1.55. The molecule has 0 saturated carbocycles. The van der Waals surface area contributed by atoms with Crippen molar-refractivity contribution in [2.75, 3.05) is 6.61 Å². The van der Waals surface area contributed by atoms with E-state index in [2.05, 4.69) is 10.3 Å². The molecule has 1 amide bonds. The lowest BCUT2D eigenvalue weighted by Gasteiger charge is -2.07. The summed E-state index contributed by atoms with van der Waals surface area (Å²) in [6.07, 6.45) is 0. The van der Waals surface area contributed by atoms with Crippen LogP contribution in [0.3, 0.4) is 0 Å². The molecule has 0 aliphatic rings. The molecule has 2 heterocycles. The number of benzene rings is 1. The van der Waals surface area contributed by atoms with Crippen molar-refractivity contribution in [3.05, 3.63) is 58.1 Å². The molecule has 1 aromatic carbocycles. The molecule has 6 nitrogen and oxygen atoms in total. The molecule has 126 valence electrons. The second kappa shape index (κ2) is 7.64. The highest BCUT2D eigenvalue weighted by Crippen LogP contribution is 2.23. The Bertz CT molecular complexity index is 924. The third-order valence-corrected chi connectivity index (χ3v) is 4.13. The lowest BCUT2D eigenvalue weighted by atomic mass is 10.2. The largest absolute Gasteiger partial charge is 0.482 e. The van der Waals surface area contributed by atoms with Gasteiger partial charge >= 0.3 is 0 Å². The zero-order chi connectivity index (χ0) is 17.6. The van der Waals surface area contributed by atoms with E-state index >= 15 is 0 Å². The minimum Gasteiger partial charge on any atom is -0.482 e. The smallest absolute Gasteiger partial charge is 0.258 e. The first-order chi connectivity index (χ1) is 12.2. The molecular formula is C18H15N3O3S. The SMILES string of the molecule is Cc1nc(-c2ccc(CNC(=O)COc3ccccc3C#N)o2)cs1. The fourth-order valence-corrected chi connectivity index (χ4v) is 2.75. The summed E-state index contributed by atoms with van der Waals surface area (Å²) < 4.78 is 11.1. The van der Waals surface area contributed by atoms with Gasteiger partial charge < -0.3 is 14.5 Å². The first kappa shape index (κ1) is 16.7. The van der Waals surface area contributed by atoms with E-state index in [1.54, 1.807) is 41.7 Å². The Morgan fingerprint density at radius 1 is 1.36 bits per heavy atom. The third-order valence-electron chi connectivity index (χ3n) is 3.36. The average Bonchev–Trinajstić information content (AvgIpc) is 3.27. The molecule has 0 saturated heterocycles. The van der Waals surface area contributed by atoms with Crippen LogP contribution >= 0.6 is 11.3 Å². The topological polar surface area (TPSA) is 88.1 Å². The van der Waals surface area contributed by atoms with E-state index in [1.165, 1.54) is 0 Å². The third kappa shape index (κ3) is 4.25. The van der Waals surface area contributed by atoms with Gasteiger partial charge in [0.2, 0.25) is 0 Å². The zero-order valence-corrected chi connectivity index (χ0v) is 14.3. The number of aromatic nitrogens is 1. The normalized spacial score (nSPS) is 10.2. The lowest BCUT2D eigenvalue weighted by molar-refractivity contribution is -0.123. The van der Waals surface area contributed by atoms with Gasteiger partial charge in [-0.3, -0.25) is 4.79 Å². The Balaban J connectivity index is 1.51. The first-order valence-electron chi connectivity index (χ1n) is 7.55. The Morgan fingerprint density at radius 2 is 2.20 bits per heavy atom. The van der Waals surface area contributed by atoms with Gasteiger partial charge in [-0.25, -0.2) is 4.98 Å². The van der Waals surface area contributed by atoms with Gasteiger partial charge in [0.15, 0.2) is 12.4 Å². The number of thiazole rings is 1. The second-order valence-electron chi connectivity index (χ2n) is 5.19. The van der Waals surface area contributed by atoms with Crippen LogP contribution < -0.4 is 10.1 Å². The maximum atomic E-state index is 11.9. The standard InChI is InChI=1S/C18H15N3O3S/c1-12-21-15(11-25-12)17-7-6-14(24-17)9-20-18(22)10-23-16-5-3-2-4-13(16)8-19/h2-7,11H,9-10H2,1H3,(H,20,22). The van der Waals surface area contributed by atoms with E-state index in [9.17, 15) is 4.79 Å². The molecule has 0 bridgehead atoms. The highest BCUT2D eigenvalue weighted by Gasteiger charge is 2.10. The second-order valence-corrected chi connectivity index (χ2v) is 6.25. The number of carbonyl (C=O) groups excluding carboxylic acids is 1. The number of hydrogen-bond acceptors (Lipinski definition) is 6. The van der Waals surface area contributed by atoms with Gasteiger partial charge in [-0.1, -0.05) is 12.1 Å². The zero-order valence-electron chi connectivity index (χ0n) is 13.5. The van der Waals surface area contributed by atoms with E-state index in [4.69, 9.17) is 14.4 Å². The Hall–Kier alpha value is -3.11. The Morgan fingerprint density at radius 3 is 2.96 bits per heavy atom. The van der Waals surface area contributed by atoms with Crippen LogP contribution in [0.4, 0.5) is 0 Å². The molecule has 0 aliphatic heterocycles. The summed E-state index contributed by atoms with van der Waals surface area (Å²) in [4.78, 5) is 16.3. The van der Waals surface area contributed by atoms with Crippen LogP contribution in [0, 0.1) is 18.3 Å². The molecule has 3 aromatic rings. The van der Waals surface area contributed by atoms with Crippen molar-refractivity contribution in [2.24, 2.45) is 0 Å². The van der Waals surface area contributed by atoms with E-state index in [1.807, 2.05) is 24.4 Å². The van der Waals surface area contributed by atoms with Crippen molar-refractivity contribution >= 4 is 17.2 Å². The first-order valence-corrected chi connectivity index (χ1v) is 8.43. The minimum atomic E-state index is -0.296. The number of amides is 1. The van der Waals surface area contributed by atoms with Gasteiger partial charge in [0.25, 0.3) is 5.91 Å². The molecule has 0 spiro atoms. The molecule has 2 aromatic heterocycles. The molecule has 0 radical (unpaired) electrons. The molecule has 0 atom stereocenters. The summed E-state index contributed by atoms with van der Waals surface area (Å²) in [6, 6.07) is 12.4. The molecule has 7 heteroatoms. The average molecular weight is 353 g/mol. The van der Waals surface area contributed by atoms with Crippen molar-refractivity contribution in [1.82, 2.24) is 10.3 Å².